The van der Waals surface area contributed by atoms with Crippen LogP contribution in [0.4, 0.5) is 4.79 Å². The van der Waals surface area contributed by atoms with Crippen LogP contribution in [0.5, 0.6) is 0 Å². The summed E-state index contributed by atoms with van der Waals surface area (Å²) < 4.78 is 6.96. The molecule has 1 aromatic carbocycles. The maximum atomic E-state index is 11.6. The van der Waals surface area contributed by atoms with Crippen molar-refractivity contribution in [1.82, 2.24) is 20.0 Å². The third-order valence-corrected chi connectivity index (χ3v) is 4.70. The molecule has 140 valence electrons. The van der Waals surface area contributed by atoms with Crippen LogP contribution < -0.4 is 5.32 Å². The van der Waals surface area contributed by atoms with Gasteiger partial charge in [-0.05, 0) is 63.9 Å². The number of hydrogen-bond donors (Lipinski definition) is 1. The molecule has 6 nitrogen and oxygen atoms in total. The van der Waals surface area contributed by atoms with Gasteiger partial charge in [0, 0.05) is 24.8 Å². The van der Waals surface area contributed by atoms with Gasteiger partial charge in [-0.1, -0.05) is 12.1 Å². The summed E-state index contributed by atoms with van der Waals surface area (Å²) in [6.07, 6.45) is 1.78. The number of aryl methyl sites for hydroxylation is 2. The molecule has 6 heteroatoms. The maximum Gasteiger partial charge on any atom is 0.407 e. The van der Waals surface area contributed by atoms with Crippen LogP contribution in [0.3, 0.4) is 0 Å². The van der Waals surface area contributed by atoms with Crippen molar-refractivity contribution < 1.29 is 9.53 Å². The Kier molecular flexibility index (Phi) is 5.93. The number of nitrogens with zero attached hydrogens (tertiary/aromatic N) is 3. The summed E-state index contributed by atoms with van der Waals surface area (Å²) in [5.41, 5.74) is 4.52. The van der Waals surface area contributed by atoms with Crippen molar-refractivity contribution >= 4 is 6.09 Å². The van der Waals surface area contributed by atoms with Crippen LogP contribution in [-0.2, 0) is 11.3 Å². The third kappa shape index (κ3) is 4.64. The van der Waals surface area contributed by atoms with Crippen molar-refractivity contribution in [3.8, 4) is 5.69 Å². The molecule has 0 aliphatic carbocycles. The molecular weight excluding hydrogens is 328 g/mol. The van der Waals surface area contributed by atoms with Gasteiger partial charge in [-0.25, -0.2) is 9.48 Å². The van der Waals surface area contributed by atoms with Crippen LogP contribution in [0.15, 0.2) is 30.3 Å². The van der Waals surface area contributed by atoms with Gasteiger partial charge in [-0.15, -0.1) is 0 Å². The third-order valence-electron chi connectivity index (χ3n) is 4.70. The SMILES string of the molecule is CCOC(=O)N[C@H]1CCCN(Cc2ccc(-n3nc(C)cc3C)cc2)C1. The van der Waals surface area contributed by atoms with Gasteiger partial charge in [0.25, 0.3) is 0 Å². The number of hydrogen-bond acceptors (Lipinski definition) is 4. The maximum absolute atomic E-state index is 11.6. The Labute approximate surface area is 155 Å². The second-order valence-corrected chi connectivity index (χ2v) is 6.94. The summed E-state index contributed by atoms with van der Waals surface area (Å²) >= 11 is 0. The van der Waals surface area contributed by atoms with Crippen LogP contribution in [0.25, 0.3) is 5.69 Å². The lowest BCUT2D eigenvalue weighted by molar-refractivity contribution is 0.132. The quantitative estimate of drug-likeness (QED) is 0.894. The fourth-order valence-electron chi connectivity index (χ4n) is 3.55. The van der Waals surface area contributed by atoms with Crippen molar-refractivity contribution in [2.75, 3.05) is 19.7 Å². The van der Waals surface area contributed by atoms with Crippen molar-refractivity contribution in [2.24, 2.45) is 0 Å². The first-order valence-corrected chi connectivity index (χ1v) is 9.33. The summed E-state index contributed by atoms with van der Waals surface area (Å²) in [5, 5.41) is 7.49. The molecule has 1 saturated heterocycles. The number of likely N-dealkylation sites (tertiary alicyclic amines) is 1. The summed E-state index contributed by atoms with van der Waals surface area (Å²) in [7, 11) is 0. The van der Waals surface area contributed by atoms with Gasteiger partial charge in [-0.2, -0.15) is 5.10 Å². The van der Waals surface area contributed by atoms with E-state index >= 15 is 0 Å². The first-order chi connectivity index (χ1) is 12.5. The van der Waals surface area contributed by atoms with Gasteiger partial charge in [0.1, 0.15) is 0 Å². The Morgan fingerprint density at radius 2 is 2.08 bits per heavy atom. The number of aromatic nitrogens is 2. The number of alkyl carbamates (subject to hydrolysis) is 1. The molecule has 26 heavy (non-hydrogen) atoms. The van der Waals surface area contributed by atoms with Gasteiger partial charge in [-0.3, -0.25) is 4.90 Å². The van der Waals surface area contributed by atoms with Gasteiger partial charge >= 0.3 is 6.09 Å². The number of carbonyl (C=O) groups is 1. The molecule has 1 amide bonds. The zero-order valence-electron chi connectivity index (χ0n) is 15.9. The van der Waals surface area contributed by atoms with Crippen LogP contribution >= 0.6 is 0 Å². The molecule has 0 bridgehead atoms. The molecule has 0 radical (unpaired) electrons. The smallest absolute Gasteiger partial charge is 0.407 e. The minimum absolute atomic E-state index is 0.164. The molecular formula is C20H28N4O2. The minimum Gasteiger partial charge on any atom is -0.450 e. The predicted molar refractivity (Wildman–Crippen MR) is 101 cm³/mol. The molecule has 1 N–H and O–H groups in total. The Hall–Kier alpha value is -2.34. The highest BCUT2D eigenvalue weighted by molar-refractivity contribution is 5.67. The van der Waals surface area contributed by atoms with Crippen LogP contribution in [-0.4, -0.2) is 46.5 Å². The number of benzene rings is 1. The van der Waals surface area contributed by atoms with Crippen LogP contribution in [0.2, 0.25) is 0 Å². The van der Waals surface area contributed by atoms with E-state index < -0.39 is 0 Å². The fourth-order valence-corrected chi connectivity index (χ4v) is 3.55. The van der Waals surface area contributed by atoms with Gasteiger partial charge in [0.15, 0.2) is 0 Å². The number of amides is 1. The van der Waals surface area contributed by atoms with Gasteiger partial charge in [0.2, 0.25) is 0 Å². The van der Waals surface area contributed by atoms with E-state index in [1.807, 2.05) is 18.5 Å². The number of nitrogens with one attached hydrogen (secondary N) is 1. The first-order valence-electron chi connectivity index (χ1n) is 9.33. The molecule has 1 aliphatic heterocycles. The summed E-state index contributed by atoms with van der Waals surface area (Å²) in [6.45, 7) is 9.11. The Morgan fingerprint density at radius 3 is 2.73 bits per heavy atom. The second-order valence-electron chi connectivity index (χ2n) is 6.94. The summed E-state index contributed by atoms with van der Waals surface area (Å²) in [5.74, 6) is 0. The van der Waals surface area contributed by atoms with E-state index in [9.17, 15) is 4.79 Å². The number of piperidine rings is 1. The molecule has 3 rings (SSSR count). The fraction of sp³-hybridized carbons (Fsp3) is 0.500. The van der Waals surface area contributed by atoms with Gasteiger partial charge in [0.05, 0.1) is 18.0 Å². The van der Waals surface area contributed by atoms with E-state index in [4.69, 9.17) is 4.74 Å². The van der Waals surface area contributed by atoms with E-state index in [2.05, 4.69) is 52.6 Å². The molecule has 2 heterocycles. The van der Waals surface area contributed by atoms with Crippen molar-refractivity contribution in [3.05, 3.63) is 47.3 Å². The van der Waals surface area contributed by atoms with Crippen molar-refractivity contribution in [2.45, 2.75) is 46.2 Å². The first kappa shape index (κ1) is 18.5. The average Bonchev–Trinajstić information content (AvgIpc) is 2.94. The molecule has 0 unspecified atom stereocenters. The van der Waals surface area contributed by atoms with E-state index in [1.165, 1.54) is 5.56 Å². The highest BCUT2D eigenvalue weighted by atomic mass is 16.5. The summed E-state index contributed by atoms with van der Waals surface area (Å²) in [4.78, 5) is 14.0. The minimum atomic E-state index is -0.311. The number of rotatable bonds is 5. The average molecular weight is 356 g/mol. The Bertz CT molecular complexity index is 739. The molecule has 1 aliphatic rings. The van der Waals surface area contributed by atoms with Gasteiger partial charge < -0.3 is 10.1 Å². The van der Waals surface area contributed by atoms with Crippen molar-refractivity contribution in [3.63, 3.8) is 0 Å². The predicted octanol–water partition coefficient (Wildman–Crippen LogP) is 3.20. The largest absolute Gasteiger partial charge is 0.450 e. The molecule has 2 aromatic rings. The highest BCUT2D eigenvalue weighted by Crippen LogP contribution is 2.17. The van der Waals surface area contributed by atoms with E-state index in [1.54, 1.807) is 0 Å². The molecule has 1 aromatic heterocycles. The lowest BCUT2D eigenvalue weighted by atomic mass is 10.0. The van der Waals surface area contributed by atoms with E-state index in [0.29, 0.717) is 6.61 Å². The molecule has 0 spiro atoms. The standard InChI is InChI=1S/C20H28N4O2/c1-4-26-20(25)21-18-6-5-11-23(14-18)13-17-7-9-19(10-8-17)24-16(3)12-15(2)22-24/h7-10,12,18H,4-6,11,13-14H2,1-3H3,(H,21,25)/t18-/m0/s1. The normalized spacial score (nSPS) is 17.9. The number of ether oxygens (including phenoxy) is 1. The Balaban J connectivity index is 1.58. The zero-order valence-corrected chi connectivity index (χ0v) is 15.9. The van der Waals surface area contributed by atoms with E-state index in [0.717, 1.165) is 49.6 Å². The number of carbonyl (C=O) groups excluding carboxylic acids is 1. The zero-order chi connectivity index (χ0) is 18.5. The van der Waals surface area contributed by atoms with E-state index in [-0.39, 0.29) is 12.1 Å². The highest BCUT2D eigenvalue weighted by Gasteiger charge is 2.21. The molecule has 1 fully saturated rings. The lowest BCUT2D eigenvalue weighted by Gasteiger charge is -2.32. The lowest BCUT2D eigenvalue weighted by Crippen LogP contribution is -2.47. The topological polar surface area (TPSA) is 59.4 Å². The second kappa shape index (κ2) is 8.36. The van der Waals surface area contributed by atoms with Crippen LogP contribution in [0.1, 0.15) is 36.7 Å². The Morgan fingerprint density at radius 1 is 1.31 bits per heavy atom. The van der Waals surface area contributed by atoms with Crippen molar-refractivity contribution in [1.29, 1.82) is 0 Å². The summed E-state index contributed by atoms with van der Waals surface area (Å²) in [6, 6.07) is 10.8. The van der Waals surface area contributed by atoms with Crippen LogP contribution in [0, 0.1) is 13.8 Å². The molecule has 0 saturated carbocycles. The monoisotopic (exact) mass is 356 g/mol. The molecule has 1 atom stereocenters.